The summed E-state index contributed by atoms with van der Waals surface area (Å²) in [5.74, 6) is -0.0762. The maximum atomic E-state index is 12.2. The Bertz CT molecular complexity index is 577. The van der Waals surface area contributed by atoms with E-state index in [1.54, 1.807) is 6.07 Å². The zero-order chi connectivity index (χ0) is 18.1. The van der Waals surface area contributed by atoms with Crippen molar-refractivity contribution < 1.29 is 9.59 Å². The van der Waals surface area contributed by atoms with Gasteiger partial charge in [0.1, 0.15) is 0 Å². The molecule has 154 valence electrons. The zero-order valence-corrected chi connectivity index (χ0v) is 17.5. The summed E-state index contributed by atoms with van der Waals surface area (Å²) < 4.78 is 0. The lowest BCUT2D eigenvalue weighted by Crippen LogP contribution is -2.33. The first kappa shape index (κ1) is 25.7. The monoisotopic (exact) mass is 418 g/mol. The number of anilines is 2. The highest BCUT2D eigenvalue weighted by Gasteiger charge is 2.13. The number of hydrogen-bond acceptors (Lipinski definition) is 4. The Kier molecular flexibility index (Phi) is 13.1. The number of nitrogens with one attached hydrogen (secondary N) is 2. The van der Waals surface area contributed by atoms with Crippen LogP contribution in [0.4, 0.5) is 11.4 Å². The maximum Gasteiger partial charge on any atom is 0.238 e. The topological polar surface area (TPSA) is 87.5 Å². The summed E-state index contributed by atoms with van der Waals surface area (Å²) in [6, 6.07) is 7.26. The normalized spacial score (nSPS) is 15.5. The summed E-state index contributed by atoms with van der Waals surface area (Å²) in [5.41, 5.74) is 7.05. The van der Waals surface area contributed by atoms with Gasteiger partial charge in [-0.15, -0.1) is 24.8 Å². The minimum atomic E-state index is -0.0645. The number of rotatable bonds is 7. The number of benzene rings is 1. The Morgan fingerprint density at radius 3 is 2.15 bits per heavy atom. The van der Waals surface area contributed by atoms with Crippen LogP contribution in [0.1, 0.15) is 45.4 Å². The Morgan fingerprint density at radius 2 is 1.59 bits per heavy atom. The largest absolute Gasteiger partial charge is 0.328 e. The summed E-state index contributed by atoms with van der Waals surface area (Å²) in [6.07, 6.45) is 5.87. The average molecular weight is 419 g/mol. The third-order valence-electron chi connectivity index (χ3n) is 4.32. The molecule has 0 bridgehead atoms. The number of carbonyl (C=O) groups is 2. The molecule has 1 unspecified atom stereocenters. The van der Waals surface area contributed by atoms with E-state index in [9.17, 15) is 9.59 Å². The molecule has 0 spiro atoms. The summed E-state index contributed by atoms with van der Waals surface area (Å²) in [6.45, 7) is 4.28. The van der Waals surface area contributed by atoms with Crippen molar-refractivity contribution >= 4 is 48.0 Å². The number of hydrogen-bond donors (Lipinski definition) is 3. The predicted molar refractivity (Wildman–Crippen MR) is 116 cm³/mol. The van der Waals surface area contributed by atoms with Gasteiger partial charge in [-0.1, -0.05) is 18.9 Å². The van der Waals surface area contributed by atoms with E-state index in [0.717, 1.165) is 25.9 Å². The molecule has 0 saturated carbocycles. The van der Waals surface area contributed by atoms with Crippen molar-refractivity contribution in [1.82, 2.24) is 4.90 Å². The fourth-order valence-corrected chi connectivity index (χ4v) is 2.95. The molecule has 0 aromatic heterocycles. The van der Waals surface area contributed by atoms with Gasteiger partial charge in [0, 0.05) is 23.8 Å². The van der Waals surface area contributed by atoms with Crippen LogP contribution in [0, 0.1) is 0 Å². The zero-order valence-electron chi connectivity index (χ0n) is 15.9. The van der Waals surface area contributed by atoms with Crippen molar-refractivity contribution in [2.45, 2.75) is 51.5 Å². The summed E-state index contributed by atoms with van der Waals surface area (Å²) >= 11 is 0. The molecule has 27 heavy (non-hydrogen) atoms. The van der Waals surface area contributed by atoms with Crippen LogP contribution in [-0.2, 0) is 9.59 Å². The van der Waals surface area contributed by atoms with Crippen LogP contribution in [-0.4, -0.2) is 42.4 Å². The lowest BCUT2D eigenvalue weighted by atomic mass is 10.2. The molecule has 1 aromatic carbocycles. The van der Waals surface area contributed by atoms with Gasteiger partial charge in [-0.2, -0.15) is 0 Å². The SMILES string of the molecule is CC(N)CCC(=O)Nc1cccc(NC(=O)CN2CCCCCC2)c1.Cl.Cl. The number of amides is 2. The van der Waals surface area contributed by atoms with Crippen LogP contribution in [0.2, 0.25) is 0 Å². The fraction of sp³-hybridized carbons (Fsp3) is 0.579. The van der Waals surface area contributed by atoms with Crippen molar-refractivity contribution in [1.29, 1.82) is 0 Å². The van der Waals surface area contributed by atoms with E-state index >= 15 is 0 Å². The molecule has 2 amide bonds. The first-order valence-corrected chi connectivity index (χ1v) is 9.20. The first-order valence-electron chi connectivity index (χ1n) is 9.20. The van der Waals surface area contributed by atoms with Crippen molar-refractivity contribution in [3.63, 3.8) is 0 Å². The second kappa shape index (κ2) is 13.8. The van der Waals surface area contributed by atoms with E-state index in [4.69, 9.17) is 5.73 Å². The fourth-order valence-electron chi connectivity index (χ4n) is 2.95. The third kappa shape index (κ3) is 10.5. The van der Waals surface area contributed by atoms with Crippen LogP contribution in [0.3, 0.4) is 0 Å². The summed E-state index contributed by atoms with van der Waals surface area (Å²) in [7, 11) is 0. The molecule has 1 atom stereocenters. The van der Waals surface area contributed by atoms with Crippen molar-refractivity contribution in [2.75, 3.05) is 30.3 Å². The van der Waals surface area contributed by atoms with E-state index < -0.39 is 0 Å². The molecule has 2 rings (SSSR count). The quantitative estimate of drug-likeness (QED) is 0.632. The molecule has 1 fully saturated rings. The van der Waals surface area contributed by atoms with Crippen LogP contribution < -0.4 is 16.4 Å². The number of halogens is 2. The van der Waals surface area contributed by atoms with Gasteiger partial charge < -0.3 is 16.4 Å². The molecular formula is C19H32Cl2N4O2. The molecule has 0 radical (unpaired) electrons. The summed E-state index contributed by atoms with van der Waals surface area (Å²) in [4.78, 5) is 26.3. The molecule has 1 saturated heterocycles. The van der Waals surface area contributed by atoms with Gasteiger partial charge in [0.05, 0.1) is 6.54 Å². The molecule has 8 heteroatoms. The van der Waals surface area contributed by atoms with Gasteiger partial charge in [0.15, 0.2) is 0 Å². The maximum absolute atomic E-state index is 12.2. The minimum Gasteiger partial charge on any atom is -0.328 e. The molecule has 1 aliphatic heterocycles. The van der Waals surface area contributed by atoms with E-state index in [-0.39, 0.29) is 42.7 Å². The second-order valence-corrected chi connectivity index (χ2v) is 6.88. The van der Waals surface area contributed by atoms with Crippen molar-refractivity contribution in [2.24, 2.45) is 5.73 Å². The number of nitrogens with two attached hydrogens (primary N) is 1. The smallest absolute Gasteiger partial charge is 0.238 e. The van der Waals surface area contributed by atoms with Gasteiger partial charge in [0.25, 0.3) is 0 Å². The molecule has 1 aromatic rings. The highest BCUT2D eigenvalue weighted by molar-refractivity contribution is 5.94. The van der Waals surface area contributed by atoms with Gasteiger partial charge in [-0.3, -0.25) is 14.5 Å². The molecule has 1 heterocycles. The summed E-state index contributed by atoms with van der Waals surface area (Å²) in [5, 5.41) is 5.77. The van der Waals surface area contributed by atoms with Crippen LogP contribution in [0.15, 0.2) is 24.3 Å². The van der Waals surface area contributed by atoms with Gasteiger partial charge in [-0.05, 0) is 57.5 Å². The van der Waals surface area contributed by atoms with E-state index in [0.29, 0.717) is 30.8 Å². The number of carbonyl (C=O) groups excluding carboxylic acids is 2. The molecular weight excluding hydrogens is 387 g/mol. The predicted octanol–water partition coefficient (Wildman–Crippen LogP) is 3.41. The number of nitrogens with zero attached hydrogens (tertiary/aromatic N) is 1. The van der Waals surface area contributed by atoms with Gasteiger partial charge in [-0.25, -0.2) is 0 Å². The molecule has 1 aliphatic rings. The van der Waals surface area contributed by atoms with Crippen molar-refractivity contribution in [3.05, 3.63) is 24.3 Å². The molecule has 4 N–H and O–H groups in total. The van der Waals surface area contributed by atoms with Crippen LogP contribution in [0.5, 0.6) is 0 Å². The lowest BCUT2D eigenvalue weighted by molar-refractivity contribution is -0.117. The Balaban J connectivity index is 0.00000338. The third-order valence-corrected chi connectivity index (χ3v) is 4.32. The Hall–Kier alpha value is -1.34. The van der Waals surface area contributed by atoms with Crippen molar-refractivity contribution in [3.8, 4) is 0 Å². The van der Waals surface area contributed by atoms with Gasteiger partial charge >= 0.3 is 0 Å². The highest BCUT2D eigenvalue weighted by atomic mass is 35.5. The van der Waals surface area contributed by atoms with Crippen LogP contribution in [0.25, 0.3) is 0 Å². The standard InChI is InChI=1S/C19H30N4O2.2ClH/c1-15(20)9-10-18(24)21-16-7-6-8-17(13-16)22-19(25)14-23-11-4-2-3-5-12-23;;/h6-8,13,15H,2-5,9-12,14,20H2,1H3,(H,21,24)(H,22,25);2*1H. The van der Waals surface area contributed by atoms with Crippen LogP contribution >= 0.6 is 24.8 Å². The minimum absolute atomic E-state index is 0. The van der Waals surface area contributed by atoms with E-state index in [1.807, 2.05) is 25.1 Å². The van der Waals surface area contributed by atoms with Gasteiger partial charge in [0.2, 0.25) is 11.8 Å². The molecule has 6 nitrogen and oxygen atoms in total. The highest BCUT2D eigenvalue weighted by Crippen LogP contribution is 2.16. The second-order valence-electron chi connectivity index (χ2n) is 6.88. The average Bonchev–Trinajstić information content (AvgIpc) is 2.82. The Labute approximate surface area is 174 Å². The molecule has 0 aliphatic carbocycles. The lowest BCUT2D eigenvalue weighted by Gasteiger charge is -2.19. The number of likely N-dealkylation sites (tertiary alicyclic amines) is 1. The van der Waals surface area contributed by atoms with E-state index in [2.05, 4.69) is 15.5 Å². The van der Waals surface area contributed by atoms with E-state index in [1.165, 1.54) is 12.8 Å². The Morgan fingerprint density at radius 1 is 1.04 bits per heavy atom. The first-order chi connectivity index (χ1) is 12.0.